The number of halogens is 2. The third-order valence-electron chi connectivity index (χ3n) is 5.59. The Morgan fingerprint density at radius 2 is 2.05 bits per heavy atom. The first kappa shape index (κ1) is 34.9. The van der Waals surface area contributed by atoms with Crippen molar-refractivity contribution >= 4 is 47.4 Å². The molecule has 1 atom stereocenters. The van der Waals surface area contributed by atoms with Gasteiger partial charge in [-0.15, -0.1) is 11.8 Å². The molecular formula is C28H38F2N8O2S. The molecule has 0 radical (unpaired) electrons. The van der Waals surface area contributed by atoms with Crippen molar-refractivity contribution in [2.24, 2.45) is 16.5 Å². The molecule has 0 spiro atoms. The molecule has 0 bridgehead atoms. The van der Waals surface area contributed by atoms with Crippen LogP contribution >= 0.6 is 11.8 Å². The van der Waals surface area contributed by atoms with E-state index >= 15 is 0 Å². The molecule has 2 aromatic heterocycles. The maximum absolute atomic E-state index is 13.2. The molecule has 1 aliphatic rings. The number of rotatable bonds is 10. The summed E-state index contributed by atoms with van der Waals surface area (Å²) in [6, 6.07) is 2.26. The predicted molar refractivity (Wildman–Crippen MR) is 163 cm³/mol. The Bertz CT molecular complexity index is 1270. The third kappa shape index (κ3) is 10.4. The molecule has 1 unspecified atom stereocenters. The number of hydrogen-bond acceptors (Lipinski definition) is 8. The number of carbonyl (C=O) groups excluding carboxylic acids is 2. The highest BCUT2D eigenvalue weighted by Crippen LogP contribution is 2.25. The molecule has 1 saturated heterocycles. The zero-order valence-corrected chi connectivity index (χ0v) is 24.5. The number of aliphatic imine (C=N–C) groups is 1. The second-order valence-corrected chi connectivity index (χ2v) is 9.22. The van der Waals surface area contributed by atoms with Crippen LogP contribution in [0.1, 0.15) is 36.8 Å². The molecule has 13 heteroatoms. The summed E-state index contributed by atoms with van der Waals surface area (Å²) < 4.78 is 28.1. The predicted octanol–water partition coefficient (Wildman–Crippen LogP) is 3.59. The van der Waals surface area contributed by atoms with Gasteiger partial charge in [-0.05, 0) is 64.1 Å². The number of nitrogens with zero attached hydrogens (tertiary/aromatic N) is 5. The lowest BCUT2D eigenvalue weighted by molar-refractivity contribution is -0.136. The Labute approximate surface area is 244 Å². The first-order valence-electron chi connectivity index (χ1n) is 12.6. The maximum atomic E-state index is 13.2. The second-order valence-electron chi connectivity index (χ2n) is 8.37. The number of hydrogen-bond donors (Lipinski definition) is 3. The fourth-order valence-corrected chi connectivity index (χ4v) is 4.35. The van der Waals surface area contributed by atoms with Crippen LogP contribution in [0.3, 0.4) is 0 Å². The molecule has 0 aromatic carbocycles. The molecule has 5 N–H and O–H groups in total. The highest BCUT2D eigenvalue weighted by atomic mass is 32.2. The lowest BCUT2D eigenvalue weighted by Crippen LogP contribution is -2.46. The van der Waals surface area contributed by atoms with Gasteiger partial charge in [0.1, 0.15) is 17.6 Å². The van der Waals surface area contributed by atoms with Gasteiger partial charge < -0.3 is 26.3 Å². The van der Waals surface area contributed by atoms with Gasteiger partial charge in [-0.1, -0.05) is 13.2 Å². The quantitative estimate of drug-likeness (QED) is 0.284. The van der Waals surface area contributed by atoms with Crippen LogP contribution in [0.15, 0.2) is 60.5 Å². The molecule has 10 nitrogen and oxygen atoms in total. The van der Waals surface area contributed by atoms with Crippen molar-refractivity contribution in [3.05, 3.63) is 78.4 Å². The molecule has 3 rings (SSSR count). The third-order valence-corrected chi connectivity index (χ3v) is 6.33. The Balaban J connectivity index is 0.000000469. The summed E-state index contributed by atoms with van der Waals surface area (Å²) >= 11 is 1.39. The van der Waals surface area contributed by atoms with Crippen LogP contribution in [0, 0.1) is 5.82 Å². The largest absolute Gasteiger partial charge is 0.402 e. The van der Waals surface area contributed by atoms with Crippen LogP contribution in [0.4, 0.5) is 8.78 Å². The summed E-state index contributed by atoms with van der Waals surface area (Å²) in [6.07, 6.45) is 11.1. The van der Waals surface area contributed by atoms with Crippen molar-refractivity contribution in [1.29, 1.82) is 0 Å². The minimum absolute atomic E-state index is 0.298. The van der Waals surface area contributed by atoms with Crippen LogP contribution in [-0.4, -0.2) is 70.4 Å². The van der Waals surface area contributed by atoms with E-state index in [0.29, 0.717) is 54.5 Å². The van der Waals surface area contributed by atoms with Gasteiger partial charge in [-0.25, -0.2) is 13.8 Å². The number of thioether (sulfide) groups is 1. The number of amides is 2. The second kappa shape index (κ2) is 18.3. The van der Waals surface area contributed by atoms with Crippen molar-refractivity contribution < 1.29 is 18.4 Å². The molecule has 0 saturated carbocycles. The molecule has 41 heavy (non-hydrogen) atoms. The highest BCUT2D eigenvalue weighted by Gasteiger charge is 2.34. The fraction of sp³-hybridized carbons (Fsp3) is 0.321. The number of likely N-dealkylation sites (tertiary alicyclic amines) is 1. The van der Waals surface area contributed by atoms with E-state index in [-0.39, 0.29) is 11.7 Å². The lowest BCUT2D eigenvalue weighted by Gasteiger charge is -2.23. The molecule has 2 aromatic rings. The maximum Gasteiger partial charge on any atom is 0.282 e. The number of nitrogens with one attached hydrogen (secondary N) is 1. The van der Waals surface area contributed by atoms with Crippen molar-refractivity contribution in [2.75, 3.05) is 26.4 Å². The average molecular weight is 589 g/mol. The minimum Gasteiger partial charge on any atom is -0.402 e. The summed E-state index contributed by atoms with van der Waals surface area (Å²) in [5.41, 5.74) is 12.7. The molecule has 1 fully saturated rings. The van der Waals surface area contributed by atoms with Gasteiger partial charge in [0.15, 0.2) is 5.83 Å². The number of pyridine rings is 1. The minimum atomic E-state index is -1.05. The summed E-state index contributed by atoms with van der Waals surface area (Å²) in [6.45, 7) is 13.0. The standard InChI is InChI=1S/C18H24FN5O2.C9H9FN2S.CH5N/c1-4-14-16(10-12(2)20)23(11-22-14)9-7-21-17(25)15-6-5-8-24(15)18(26)13(3)19;1-11-6-8(13-2)9-7(10)4-3-5-12-9;1-2/h4,10-11,15H,1,3,5-9,20H2,2H3,(H,21,25);3-6H,1H2,2H3;2H2,1H3/b12-10+;8-6-;. The Hall–Kier alpha value is -4.10. The monoisotopic (exact) mass is 588 g/mol. The van der Waals surface area contributed by atoms with Crippen LogP contribution < -0.4 is 16.8 Å². The van der Waals surface area contributed by atoms with Crippen LogP contribution in [0.5, 0.6) is 0 Å². The molecular weight excluding hydrogens is 550 g/mol. The normalized spacial score (nSPS) is 14.7. The highest BCUT2D eigenvalue weighted by molar-refractivity contribution is 8.07. The van der Waals surface area contributed by atoms with Crippen molar-refractivity contribution in [3.63, 3.8) is 0 Å². The van der Waals surface area contributed by atoms with Gasteiger partial charge in [0.25, 0.3) is 5.91 Å². The number of aromatic nitrogens is 3. The lowest BCUT2D eigenvalue weighted by atomic mass is 10.2. The average Bonchev–Trinajstić information content (AvgIpc) is 3.60. The number of carbonyl (C=O) groups is 2. The van der Waals surface area contributed by atoms with E-state index < -0.39 is 17.8 Å². The molecule has 2 amide bonds. The van der Waals surface area contributed by atoms with Crippen molar-refractivity contribution in [2.45, 2.75) is 32.4 Å². The summed E-state index contributed by atoms with van der Waals surface area (Å²) in [4.78, 5) is 37.8. The van der Waals surface area contributed by atoms with Gasteiger partial charge >= 0.3 is 0 Å². The van der Waals surface area contributed by atoms with Crippen molar-refractivity contribution in [3.8, 4) is 0 Å². The summed E-state index contributed by atoms with van der Waals surface area (Å²) in [5.74, 6) is -2.51. The number of nitrogens with two attached hydrogens (primary N) is 2. The van der Waals surface area contributed by atoms with Crippen LogP contribution in [-0.2, 0) is 16.1 Å². The zero-order valence-electron chi connectivity index (χ0n) is 23.6. The van der Waals surface area contributed by atoms with Gasteiger partial charge in [-0.2, -0.15) is 0 Å². The Morgan fingerprint density at radius 1 is 1.34 bits per heavy atom. The Kier molecular flexibility index (Phi) is 15.6. The summed E-state index contributed by atoms with van der Waals surface area (Å²) in [7, 11) is 1.50. The molecule has 1 aliphatic heterocycles. The van der Waals surface area contributed by atoms with E-state index in [1.807, 2.05) is 10.8 Å². The molecule has 0 aliphatic carbocycles. The molecule has 222 valence electrons. The molecule has 3 heterocycles. The van der Waals surface area contributed by atoms with E-state index in [9.17, 15) is 18.4 Å². The smallest absolute Gasteiger partial charge is 0.282 e. The fourth-order valence-electron chi connectivity index (χ4n) is 3.83. The van der Waals surface area contributed by atoms with Gasteiger partial charge in [0.2, 0.25) is 5.91 Å². The van der Waals surface area contributed by atoms with Gasteiger partial charge in [0, 0.05) is 37.7 Å². The topological polar surface area (TPSA) is 145 Å². The van der Waals surface area contributed by atoms with E-state index in [0.717, 1.165) is 5.69 Å². The van der Waals surface area contributed by atoms with Crippen LogP contribution in [0.2, 0.25) is 0 Å². The Morgan fingerprint density at radius 3 is 2.61 bits per heavy atom. The van der Waals surface area contributed by atoms with E-state index in [1.54, 1.807) is 37.7 Å². The van der Waals surface area contributed by atoms with Gasteiger partial charge in [0.05, 0.1) is 22.6 Å². The van der Waals surface area contributed by atoms with Crippen LogP contribution in [0.25, 0.3) is 17.1 Å². The van der Waals surface area contributed by atoms with Crippen molar-refractivity contribution in [1.82, 2.24) is 24.8 Å². The van der Waals surface area contributed by atoms with E-state index in [4.69, 9.17) is 5.73 Å². The van der Waals surface area contributed by atoms with E-state index in [1.165, 1.54) is 36.0 Å². The first-order chi connectivity index (χ1) is 19.6. The zero-order chi connectivity index (χ0) is 30.9. The number of allylic oxidation sites excluding steroid dienone is 1. The summed E-state index contributed by atoms with van der Waals surface area (Å²) in [5, 5.41) is 2.79. The SMILES string of the molecule is C=Cc1ncn(CCNC(=O)C2CCCN2C(=O)C(=C)F)c1/C=C(\C)N.C=N/C=C(\SC)c1ncccc1F.CN. The first-order valence-corrected chi connectivity index (χ1v) is 13.8. The number of imidazole rings is 1. The van der Waals surface area contributed by atoms with Gasteiger partial charge in [-0.3, -0.25) is 19.6 Å². The van der Waals surface area contributed by atoms with E-state index in [2.05, 4.69) is 45.9 Å².